The van der Waals surface area contributed by atoms with Gasteiger partial charge in [-0.3, -0.25) is 14.7 Å². The Balaban J connectivity index is 1.45. The fourth-order valence-corrected chi connectivity index (χ4v) is 4.58. The molecule has 0 aliphatic heterocycles. The number of hydrogen-bond acceptors (Lipinski definition) is 6. The van der Waals surface area contributed by atoms with Gasteiger partial charge in [-0.25, -0.2) is 4.98 Å². The zero-order valence-electron chi connectivity index (χ0n) is 19.1. The van der Waals surface area contributed by atoms with Crippen molar-refractivity contribution in [3.8, 4) is 17.2 Å². The minimum absolute atomic E-state index is 0.161. The minimum atomic E-state index is -0.161. The summed E-state index contributed by atoms with van der Waals surface area (Å²) in [6.07, 6.45) is 1.72. The molecule has 0 aliphatic carbocycles. The molecule has 174 valence electrons. The molecule has 5 rings (SSSR count). The van der Waals surface area contributed by atoms with Gasteiger partial charge in [0.25, 0.3) is 5.91 Å². The summed E-state index contributed by atoms with van der Waals surface area (Å²) in [5.74, 6) is 2.02. The molecule has 35 heavy (non-hydrogen) atoms. The molecular formula is C28H23N3O3S. The number of carbonyl (C=O) groups is 1. The largest absolute Gasteiger partial charge is 0.494 e. The van der Waals surface area contributed by atoms with E-state index in [1.807, 2.05) is 73.7 Å². The molecule has 0 atom stereocenters. The Kier molecular flexibility index (Phi) is 6.68. The second kappa shape index (κ2) is 10.4. The Morgan fingerprint density at radius 2 is 1.63 bits per heavy atom. The van der Waals surface area contributed by atoms with Crippen molar-refractivity contribution in [3.63, 3.8) is 0 Å². The maximum absolute atomic E-state index is 13.7. The quantitative estimate of drug-likeness (QED) is 0.246. The average Bonchev–Trinajstić information content (AvgIpc) is 3.32. The zero-order valence-corrected chi connectivity index (χ0v) is 19.9. The van der Waals surface area contributed by atoms with Crippen molar-refractivity contribution in [2.45, 2.75) is 13.5 Å². The lowest BCUT2D eigenvalue weighted by molar-refractivity contribution is 0.0985. The molecule has 0 fully saturated rings. The van der Waals surface area contributed by atoms with Crippen molar-refractivity contribution in [1.29, 1.82) is 0 Å². The Morgan fingerprint density at radius 1 is 0.886 bits per heavy atom. The van der Waals surface area contributed by atoms with Gasteiger partial charge in [0.15, 0.2) is 5.13 Å². The van der Waals surface area contributed by atoms with E-state index in [0.717, 1.165) is 27.4 Å². The van der Waals surface area contributed by atoms with Gasteiger partial charge in [0.05, 0.1) is 29.1 Å². The van der Waals surface area contributed by atoms with Crippen LogP contribution in [0.3, 0.4) is 0 Å². The van der Waals surface area contributed by atoms with Crippen LogP contribution in [0.1, 0.15) is 23.0 Å². The molecule has 0 spiro atoms. The molecular weight excluding hydrogens is 458 g/mol. The van der Waals surface area contributed by atoms with Crippen LogP contribution in [0.4, 0.5) is 5.13 Å². The number of aromatic nitrogens is 2. The van der Waals surface area contributed by atoms with E-state index in [1.54, 1.807) is 35.4 Å². The predicted molar refractivity (Wildman–Crippen MR) is 138 cm³/mol. The third-order valence-electron chi connectivity index (χ3n) is 5.26. The Bertz CT molecular complexity index is 1420. The predicted octanol–water partition coefficient (Wildman–Crippen LogP) is 6.73. The number of benzene rings is 3. The van der Waals surface area contributed by atoms with Crippen LogP contribution in [0, 0.1) is 0 Å². The number of carbonyl (C=O) groups excluding carboxylic acids is 1. The van der Waals surface area contributed by atoms with E-state index in [0.29, 0.717) is 29.6 Å². The first-order valence-electron chi connectivity index (χ1n) is 11.3. The number of ether oxygens (including phenoxy) is 2. The number of pyridine rings is 1. The molecule has 2 aromatic heterocycles. The molecule has 0 N–H and O–H groups in total. The molecule has 0 saturated carbocycles. The number of thiazole rings is 1. The summed E-state index contributed by atoms with van der Waals surface area (Å²) >= 11 is 1.45. The van der Waals surface area contributed by atoms with Crippen LogP contribution in [-0.4, -0.2) is 22.5 Å². The highest BCUT2D eigenvalue weighted by atomic mass is 32.1. The number of nitrogens with zero attached hydrogens (tertiary/aromatic N) is 3. The highest BCUT2D eigenvalue weighted by Gasteiger charge is 2.22. The van der Waals surface area contributed by atoms with E-state index < -0.39 is 0 Å². The van der Waals surface area contributed by atoms with E-state index in [2.05, 4.69) is 4.98 Å². The Morgan fingerprint density at radius 3 is 2.37 bits per heavy atom. The normalized spacial score (nSPS) is 10.8. The van der Waals surface area contributed by atoms with Gasteiger partial charge in [0.2, 0.25) is 0 Å². The van der Waals surface area contributed by atoms with Crippen molar-refractivity contribution in [2.75, 3.05) is 11.5 Å². The van der Waals surface area contributed by atoms with Gasteiger partial charge in [0, 0.05) is 11.8 Å². The second-order valence-corrected chi connectivity index (χ2v) is 8.72. The van der Waals surface area contributed by atoms with Gasteiger partial charge in [-0.15, -0.1) is 0 Å². The molecule has 0 aliphatic rings. The second-order valence-electron chi connectivity index (χ2n) is 7.71. The lowest BCUT2D eigenvalue weighted by Crippen LogP contribution is -2.30. The molecule has 3 aromatic carbocycles. The fourth-order valence-electron chi connectivity index (χ4n) is 3.59. The van der Waals surface area contributed by atoms with E-state index in [1.165, 1.54) is 11.3 Å². The number of fused-ring (bicyclic) bond motifs is 1. The van der Waals surface area contributed by atoms with Crippen molar-refractivity contribution < 1.29 is 14.3 Å². The number of hydrogen-bond donors (Lipinski definition) is 0. The fraction of sp³-hybridized carbons (Fsp3) is 0.107. The zero-order chi connectivity index (χ0) is 24.0. The van der Waals surface area contributed by atoms with Crippen molar-refractivity contribution in [2.24, 2.45) is 0 Å². The lowest BCUT2D eigenvalue weighted by Gasteiger charge is -2.19. The van der Waals surface area contributed by atoms with Crippen LogP contribution in [0.25, 0.3) is 10.2 Å². The van der Waals surface area contributed by atoms with E-state index in [4.69, 9.17) is 14.5 Å². The smallest absolute Gasteiger partial charge is 0.260 e. The molecule has 6 nitrogen and oxygen atoms in total. The summed E-state index contributed by atoms with van der Waals surface area (Å²) in [7, 11) is 0. The Hall–Kier alpha value is -4.23. The number of anilines is 1. The van der Waals surface area contributed by atoms with Crippen LogP contribution >= 0.6 is 11.3 Å². The van der Waals surface area contributed by atoms with Crippen LogP contribution in [0.5, 0.6) is 17.2 Å². The first kappa shape index (κ1) is 22.6. The SMILES string of the molecule is CCOc1ccc2nc(N(Cc3ccccn3)C(=O)c3ccc(Oc4ccccc4)cc3)sc2c1. The number of rotatable bonds is 8. The minimum Gasteiger partial charge on any atom is -0.494 e. The topological polar surface area (TPSA) is 64.5 Å². The molecule has 1 amide bonds. The summed E-state index contributed by atoms with van der Waals surface area (Å²) in [4.78, 5) is 24.5. The molecule has 0 radical (unpaired) electrons. The number of para-hydroxylation sites is 1. The molecule has 0 unspecified atom stereocenters. The van der Waals surface area contributed by atoms with Crippen LogP contribution < -0.4 is 14.4 Å². The summed E-state index contributed by atoms with van der Waals surface area (Å²) in [5.41, 5.74) is 2.13. The molecule has 5 aromatic rings. The Labute approximate surface area is 207 Å². The standard InChI is InChI=1S/C28H23N3O3S/c1-2-33-24-15-16-25-26(18-24)35-28(30-25)31(19-21-8-6-7-17-29-21)27(32)20-11-13-23(14-12-20)34-22-9-4-3-5-10-22/h3-18H,2,19H2,1H3. The highest BCUT2D eigenvalue weighted by Crippen LogP contribution is 2.33. The molecule has 0 saturated heterocycles. The summed E-state index contributed by atoms with van der Waals surface area (Å²) in [6, 6.07) is 28.1. The maximum atomic E-state index is 13.7. The first-order chi connectivity index (χ1) is 17.2. The number of amides is 1. The lowest BCUT2D eigenvalue weighted by atomic mass is 10.2. The van der Waals surface area contributed by atoms with Gasteiger partial charge in [0.1, 0.15) is 17.2 Å². The highest BCUT2D eigenvalue weighted by molar-refractivity contribution is 7.22. The van der Waals surface area contributed by atoms with E-state index in [-0.39, 0.29) is 5.91 Å². The van der Waals surface area contributed by atoms with Gasteiger partial charge < -0.3 is 9.47 Å². The van der Waals surface area contributed by atoms with Gasteiger partial charge in [-0.1, -0.05) is 35.6 Å². The van der Waals surface area contributed by atoms with Crippen molar-refractivity contribution in [1.82, 2.24) is 9.97 Å². The summed E-state index contributed by atoms with van der Waals surface area (Å²) in [5, 5.41) is 0.605. The average molecular weight is 482 g/mol. The summed E-state index contributed by atoms with van der Waals surface area (Å²) < 4.78 is 12.4. The van der Waals surface area contributed by atoms with Crippen LogP contribution in [0.2, 0.25) is 0 Å². The first-order valence-corrected chi connectivity index (χ1v) is 12.1. The monoisotopic (exact) mass is 481 g/mol. The van der Waals surface area contributed by atoms with Crippen molar-refractivity contribution >= 4 is 32.6 Å². The molecule has 2 heterocycles. The van der Waals surface area contributed by atoms with E-state index >= 15 is 0 Å². The van der Waals surface area contributed by atoms with Gasteiger partial charge in [-0.2, -0.15) is 0 Å². The maximum Gasteiger partial charge on any atom is 0.260 e. The van der Waals surface area contributed by atoms with Gasteiger partial charge >= 0.3 is 0 Å². The van der Waals surface area contributed by atoms with E-state index in [9.17, 15) is 4.79 Å². The van der Waals surface area contributed by atoms with Crippen LogP contribution in [-0.2, 0) is 6.54 Å². The molecule has 0 bridgehead atoms. The van der Waals surface area contributed by atoms with Crippen LogP contribution in [0.15, 0.2) is 97.2 Å². The third kappa shape index (κ3) is 5.31. The third-order valence-corrected chi connectivity index (χ3v) is 6.30. The summed E-state index contributed by atoms with van der Waals surface area (Å²) in [6.45, 7) is 2.84. The van der Waals surface area contributed by atoms with Gasteiger partial charge in [-0.05, 0) is 73.7 Å². The van der Waals surface area contributed by atoms with Crippen molar-refractivity contribution in [3.05, 3.63) is 108 Å². The molecule has 7 heteroatoms.